The quantitative estimate of drug-likeness (QED) is 0.688. The monoisotopic (exact) mass is 306 g/mol. The number of alkyl halides is 1. The van der Waals surface area contributed by atoms with Crippen LogP contribution in [-0.2, 0) is 10.1 Å². The summed E-state index contributed by atoms with van der Waals surface area (Å²) in [7, 11) is 0. The van der Waals surface area contributed by atoms with E-state index in [1.807, 2.05) is 12.1 Å². The highest BCUT2D eigenvalue weighted by Crippen LogP contribution is 2.24. The minimum absolute atomic E-state index is 0.508. The van der Waals surface area contributed by atoms with Crippen LogP contribution in [0.25, 0.3) is 0 Å². The molecule has 1 unspecified atom stereocenters. The van der Waals surface area contributed by atoms with Gasteiger partial charge in [-0.2, -0.15) is 0 Å². The Morgan fingerprint density at radius 1 is 1.54 bits per heavy atom. The number of rotatable bonds is 3. The molecule has 1 rings (SSSR count). The average Bonchev–Trinajstić information content (AvgIpc) is 2.16. The molecule has 0 heterocycles. The summed E-state index contributed by atoms with van der Waals surface area (Å²) in [6.45, 7) is 0. The first-order valence-corrected chi connectivity index (χ1v) is 5.58. The van der Waals surface area contributed by atoms with Crippen molar-refractivity contribution < 1.29 is 9.90 Å². The Hall–Kier alpha value is -0.190. The van der Waals surface area contributed by atoms with Crippen molar-refractivity contribution in [3.8, 4) is 0 Å². The zero-order chi connectivity index (χ0) is 9.84. The normalized spacial score (nSPS) is 12.5. The Balaban J connectivity index is 3.04. The van der Waals surface area contributed by atoms with E-state index in [4.69, 9.17) is 0 Å². The second kappa shape index (κ2) is 4.88. The lowest BCUT2D eigenvalue weighted by molar-refractivity contribution is -0.115. The van der Waals surface area contributed by atoms with Crippen LogP contribution in [0.5, 0.6) is 0 Å². The molecular formula is C9H8Br2O2. The van der Waals surface area contributed by atoms with Gasteiger partial charge in [-0.05, 0) is 11.6 Å². The van der Waals surface area contributed by atoms with Crippen molar-refractivity contribution in [1.29, 1.82) is 0 Å². The van der Waals surface area contributed by atoms with Gasteiger partial charge in [-0.1, -0.05) is 44.0 Å². The second-order valence-electron chi connectivity index (χ2n) is 2.57. The molecule has 0 fully saturated rings. The van der Waals surface area contributed by atoms with Crippen molar-refractivity contribution >= 4 is 38.1 Å². The molecule has 1 atom stereocenters. The summed E-state index contributed by atoms with van der Waals surface area (Å²) in [5, 5.41) is 10.0. The Morgan fingerprint density at radius 2 is 2.23 bits per heavy atom. The number of benzene rings is 1. The van der Waals surface area contributed by atoms with Gasteiger partial charge in [0, 0.05) is 15.4 Å². The van der Waals surface area contributed by atoms with Crippen molar-refractivity contribution in [2.24, 2.45) is 0 Å². The van der Waals surface area contributed by atoms with Crippen LogP contribution in [0.4, 0.5) is 0 Å². The van der Waals surface area contributed by atoms with Crippen LogP contribution >= 0.6 is 31.9 Å². The van der Waals surface area contributed by atoms with Gasteiger partial charge in [-0.25, -0.2) is 0 Å². The molecule has 0 bridgehead atoms. The molecule has 1 N–H and O–H groups in total. The fourth-order valence-corrected chi connectivity index (χ4v) is 1.98. The number of aliphatic hydroxyl groups is 1. The molecule has 0 aliphatic heterocycles. The SMILES string of the molecule is O=CC(O)c1ccc(CBr)cc1Br. The van der Waals surface area contributed by atoms with Gasteiger partial charge in [0.2, 0.25) is 0 Å². The average molecular weight is 308 g/mol. The third-order valence-electron chi connectivity index (χ3n) is 1.67. The zero-order valence-electron chi connectivity index (χ0n) is 6.71. The summed E-state index contributed by atoms with van der Waals surface area (Å²) >= 11 is 6.61. The van der Waals surface area contributed by atoms with Crippen molar-refractivity contribution in [1.82, 2.24) is 0 Å². The number of aldehydes is 1. The Morgan fingerprint density at radius 3 is 2.69 bits per heavy atom. The predicted molar refractivity (Wildman–Crippen MR) is 57.8 cm³/mol. The second-order valence-corrected chi connectivity index (χ2v) is 3.99. The molecule has 0 saturated carbocycles. The molecule has 4 heteroatoms. The van der Waals surface area contributed by atoms with E-state index in [0.29, 0.717) is 11.8 Å². The first-order chi connectivity index (χ1) is 6.19. The standard InChI is InChI=1S/C9H8Br2O2/c10-4-6-1-2-7(8(11)3-6)9(13)5-12/h1-3,5,9,13H,4H2. The minimum Gasteiger partial charge on any atom is -0.381 e. The first kappa shape index (κ1) is 10.9. The van der Waals surface area contributed by atoms with E-state index in [0.717, 1.165) is 15.4 Å². The number of aliphatic hydroxyl groups excluding tert-OH is 1. The van der Waals surface area contributed by atoms with Crippen LogP contribution in [0.3, 0.4) is 0 Å². The summed E-state index contributed by atoms with van der Waals surface area (Å²) in [6.07, 6.45) is -0.535. The predicted octanol–water partition coefficient (Wildman–Crippen LogP) is 2.58. The molecule has 0 aliphatic carbocycles. The number of halogens is 2. The van der Waals surface area contributed by atoms with Gasteiger partial charge >= 0.3 is 0 Å². The van der Waals surface area contributed by atoms with Crippen molar-refractivity contribution in [3.05, 3.63) is 33.8 Å². The van der Waals surface area contributed by atoms with Gasteiger partial charge in [0.05, 0.1) is 0 Å². The molecule has 2 nitrogen and oxygen atoms in total. The largest absolute Gasteiger partial charge is 0.381 e. The molecule has 0 aliphatic rings. The van der Waals surface area contributed by atoms with E-state index in [1.54, 1.807) is 6.07 Å². The number of hydrogen-bond donors (Lipinski definition) is 1. The van der Waals surface area contributed by atoms with Crippen LogP contribution in [0.15, 0.2) is 22.7 Å². The van der Waals surface area contributed by atoms with E-state index < -0.39 is 6.10 Å². The number of carbonyl (C=O) groups is 1. The van der Waals surface area contributed by atoms with Crippen LogP contribution in [0.1, 0.15) is 17.2 Å². The molecule has 0 spiro atoms. The maximum absolute atomic E-state index is 10.3. The van der Waals surface area contributed by atoms with Gasteiger partial charge in [-0.3, -0.25) is 0 Å². The fraction of sp³-hybridized carbons (Fsp3) is 0.222. The van der Waals surface area contributed by atoms with Gasteiger partial charge in [-0.15, -0.1) is 0 Å². The zero-order valence-corrected chi connectivity index (χ0v) is 9.88. The number of carbonyl (C=O) groups excluding carboxylic acids is 1. The summed E-state index contributed by atoms with van der Waals surface area (Å²) in [6, 6.07) is 5.47. The topological polar surface area (TPSA) is 37.3 Å². The van der Waals surface area contributed by atoms with Gasteiger partial charge in [0.1, 0.15) is 6.10 Å². The highest BCUT2D eigenvalue weighted by Gasteiger charge is 2.09. The Kier molecular flexibility index (Phi) is 4.09. The van der Waals surface area contributed by atoms with Crippen LogP contribution in [0.2, 0.25) is 0 Å². The highest BCUT2D eigenvalue weighted by atomic mass is 79.9. The van der Waals surface area contributed by atoms with E-state index >= 15 is 0 Å². The minimum atomic E-state index is -1.04. The van der Waals surface area contributed by atoms with E-state index in [9.17, 15) is 9.90 Å². The van der Waals surface area contributed by atoms with Crippen LogP contribution in [-0.4, -0.2) is 11.4 Å². The summed E-state index contributed by atoms with van der Waals surface area (Å²) in [5.41, 5.74) is 1.69. The Bertz CT molecular complexity index is 312. The van der Waals surface area contributed by atoms with Crippen molar-refractivity contribution in [2.45, 2.75) is 11.4 Å². The maximum atomic E-state index is 10.3. The molecule has 1 aromatic carbocycles. The van der Waals surface area contributed by atoms with Gasteiger partial charge < -0.3 is 9.90 Å². The van der Waals surface area contributed by atoms with Crippen molar-refractivity contribution in [2.75, 3.05) is 0 Å². The summed E-state index contributed by atoms with van der Waals surface area (Å²) in [4.78, 5) is 10.3. The number of hydrogen-bond acceptors (Lipinski definition) is 2. The third-order valence-corrected chi connectivity index (χ3v) is 3.00. The highest BCUT2D eigenvalue weighted by molar-refractivity contribution is 9.10. The summed E-state index contributed by atoms with van der Waals surface area (Å²) in [5.74, 6) is 0. The first-order valence-electron chi connectivity index (χ1n) is 3.66. The molecular weight excluding hydrogens is 300 g/mol. The molecule has 0 radical (unpaired) electrons. The van der Waals surface area contributed by atoms with E-state index in [2.05, 4.69) is 31.9 Å². The van der Waals surface area contributed by atoms with Gasteiger partial charge in [0.25, 0.3) is 0 Å². The maximum Gasteiger partial charge on any atom is 0.153 e. The van der Waals surface area contributed by atoms with Crippen LogP contribution < -0.4 is 0 Å². The molecule has 0 saturated heterocycles. The van der Waals surface area contributed by atoms with E-state index in [1.165, 1.54) is 0 Å². The van der Waals surface area contributed by atoms with Gasteiger partial charge in [0.15, 0.2) is 6.29 Å². The molecule has 0 amide bonds. The fourth-order valence-electron chi connectivity index (χ4n) is 0.967. The lowest BCUT2D eigenvalue weighted by Gasteiger charge is -2.07. The summed E-state index contributed by atoms with van der Waals surface area (Å²) < 4.78 is 0.754. The van der Waals surface area contributed by atoms with E-state index in [-0.39, 0.29) is 0 Å². The Labute approximate surface area is 93.2 Å². The lowest BCUT2D eigenvalue weighted by Crippen LogP contribution is -1.99. The molecule has 0 aromatic heterocycles. The third kappa shape index (κ3) is 2.62. The molecule has 70 valence electrons. The smallest absolute Gasteiger partial charge is 0.153 e. The molecule has 13 heavy (non-hydrogen) atoms. The van der Waals surface area contributed by atoms with Crippen LogP contribution in [0, 0.1) is 0 Å². The lowest BCUT2D eigenvalue weighted by atomic mass is 10.1. The molecule has 1 aromatic rings. The van der Waals surface area contributed by atoms with Crippen molar-refractivity contribution in [3.63, 3.8) is 0 Å².